The fourth-order valence-corrected chi connectivity index (χ4v) is 3.65. The van der Waals surface area contributed by atoms with Gasteiger partial charge in [-0.05, 0) is 31.9 Å². The van der Waals surface area contributed by atoms with E-state index in [0.717, 1.165) is 13.0 Å². The number of aromatic nitrogens is 2. The maximum absolute atomic E-state index is 6.37. The first-order valence-corrected chi connectivity index (χ1v) is 7.06. The van der Waals surface area contributed by atoms with Gasteiger partial charge in [-0.15, -0.1) is 0 Å². The van der Waals surface area contributed by atoms with Crippen LogP contribution in [0, 0.1) is 0 Å². The van der Waals surface area contributed by atoms with Crippen molar-refractivity contribution in [1.82, 2.24) is 9.78 Å². The van der Waals surface area contributed by atoms with E-state index in [0.29, 0.717) is 0 Å². The smallest absolute Gasteiger partial charge is 0.0538 e. The number of nitrogens with zero attached hydrogens (tertiary/aromatic N) is 2. The lowest BCUT2D eigenvalue weighted by molar-refractivity contribution is 0.501. The van der Waals surface area contributed by atoms with Crippen LogP contribution in [0.3, 0.4) is 0 Å². The third kappa shape index (κ3) is 2.28. The predicted molar refractivity (Wildman–Crippen MR) is 69.5 cm³/mol. The standard InChI is InChI=1S/C12H21N3S/c1-3-6-15-9-10(8-14-15)11(13)12(2)5-4-7-16-12/h8-9,11H,3-7,13H2,1-2H3. The summed E-state index contributed by atoms with van der Waals surface area (Å²) in [6, 6.07) is 0.116. The Morgan fingerprint density at radius 3 is 3.12 bits per heavy atom. The van der Waals surface area contributed by atoms with Crippen LogP contribution in [0.15, 0.2) is 12.4 Å². The van der Waals surface area contributed by atoms with E-state index >= 15 is 0 Å². The number of hydrogen-bond donors (Lipinski definition) is 1. The minimum absolute atomic E-state index is 0.116. The molecule has 2 unspecified atom stereocenters. The van der Waals surface area contributed by atoms with Crippen LogP contribution in [0.1, 0.15) is 44.7 Å². The molecule has 0 saturated carbocycles. The maximum atomic E-state index is 6.37. The Bertz CT molecular complexity index is 342. The summed E-state index contributed by atoms with van der Waals surface area (Å²) >= 11 is 2.01. The molecule has 90 valence electrons. The Morgan fingerprint density at radius 1 is 1.69 bits per heavy atom. The Morgan fingerprint density at radius 2 is 2.50 bits per heavy atom. The van der Waals surface area contributed by atoms with E-state index in [4.69, 9.17) is 5.73 Å². The molecule has 2 heterocycles. The summed E-state index contributed by atoms with van der Waals surface area (Å²) in [7, 11) is 0. The molecule has 1 aliphatic heterocycles. The molecular formula is C12H21N3S. The van der Waals surface area contributed by atoms with E-state index in [1.807, 2.05) is 22.6 Å². The summed E-state index contributed by atoms with van der Waals surface area (Å²) in [4.78, 5) is 0. The van der Waals surface area contributed by atoms with Gasteiger partial charge in [-0.2, -0.15) is 16.9 Å². The second-order valence-corrected chi connectivity index (χ2v) is 6.41. The second-order valence-electron chi connectivity index (χ2n) is 4.78. The SMILES string of the molecule is CCCn1cc(C(N)C2(C)CCCS2)cn1. The van der Waals surface area contributed by atoms with Crippen molar-refractivity contribution in [3.05, 3.63) is 18.0 Å². The summed E-state index contributed by atoms with van der Waals surface area (Å²) in [6.07, 6.45) is 7.67. The van der Waals surface area contributed by atoms with Gasteiger partial charge in [-0.25, -0.2) is 0 Å². The topological polar surface area (TPSA) is 43.8 Å². The molecule has 1 aromatic heterocycles. The molecule has 16 heavy (non-hydrogen) atoms. The first kappa shape index (κ1) is 12.0. The molecule has 0 amide bonds. The molecule has 4 heteroatoms. The summed E-state index contributed by atoms with van der Waals surface area (Å²) in [5.74, 6) is 1.24. The van der Waals surface area contributed by atoms with Crippen LogP contribution < -0.4 is 5.73 Å². The fourth-order valence-electron chi connectivity index (χ4n) is 2.29. The Kier molecular flexibility index (Phi) is 3.60. The molecule has 1 aromatic rings. The molecule has 2 rings (SSSR count). The van der Waals surface area contributed by atoms with Crippen molar-refractivity contribution in [1.29, 1.82) is 0 Å². The van der Waals surface area contributed by atoms with Crippen molar-refractivity contribution >= 4 is 11.8 Å². The molecule has 0 spiro atoms. The van der Waals surface area contributed by atoms with Crippen molar-refractivity contribution in [3.8, 4) is 0 Å². The highest BCUT2D eigenvalue weighted by atomic mass is 32.2. The van der Waals surface area contributed by atoms with Gasteiger partial charge in [0.15, 0.2) is 0 Å². The molecule has 0 bridgehead atoms. The monoisotopic (exact) mass is 239 g/mol. The van der Waals surface area contributed by atoms with Gasteiger partial charge in [0, 0.05) is 29.1 Å². The minimum Gasteiger partial charge on any atom is -0.323 e. The van der Waals surface area contributed by atoms with E-state index in [-0.39, 0.29) is 10.8 Å². The molecule has 1 aliphatic rings. The van der Waals surface area contributed by atoms with Gasteiger partial charge >= 0.3 is 0 Å². The average molecular weight is 239 g/mol. The van der Waals surface area contributed by atoms with E-state index in [1.54, 1.807) is 0 Å². The lowest BCUT2D eigenvalue weighted by Gasteiger charge is -2.29. The third-order valence-electron chi connectivity index (χ3n) is 3.37. The lowest BCUT2D eigenvalue weighted by atomic mass is 9.93. The number of aryl methyl sites for hydroxylation is 1. The zero-order valence-electron chi connectivity index (χ0n) is 10.1. The zero-order valence-corrected chi connectivity index (χ0v) is 11.0. The molecule has 2 atom stereocenters. The van der Waals surface area contributed by atoms with E-state index < -0.39 is 0 Å². The molecule has 0 aliphatic carbocycles. The van der Waals surface area contributed by atoms with Crippen LogP contribution in [-0.4, -0.2) is 20.3 Å². The largest absolute Gasteiger partial charge is 0.323 e. The third-order valence-corrected chi connectivity index (χ3v) is 4.98. The molecule has 1 saturated heterocycles. The first-order chi connectivity index (χ1) is 7.65. The molecule has 3 nitrogen and oxygen atoms in total. The van der Waals surface area contributed by atoms with E-state index in [2.05, 4.69) is 25.1 Å². The lowest BCUT2D eigenvalue weighted by Crippen LogP contribution is -2.32. The summed E-state index contributed by atoms with van der Waals surface area (Å²) in [5.41, 5.74) is 7.56. The Labute approximate surface area is 102 Å². The fraction of sp³-hybridized carbons (Fsp3) is 0.750. The van der Waals surface area contributed by atoms with E-state index in [1.165, 1.54) is 24.2 Å². The molecule has 0 radical (unpaired) electrons. The summed E-state index contributed by atoms with van der Waals surface area (Å²) in [6.45, 7) is 5.43. The van der Waals surface area contributed by atoms with Crippen LogP contribution in [0.4, 0.5) is 0 Å². The first-order valence-electron chi connectivity index (χ1n) is 6.07. The minimum atomic E-state index is 0.116. The normalized spacial score (nSPS) is 27.2. The zero-order chi connectivity index (χ0) is 11.6. The van der Waals surface area contributed by atoms with Gasteiger partial charge in [0.05, 0.1) is 6.20 Å². The van der Waals surface area contributed by atoms with Gasteiger partial charge in [0.1, 0.15) is 0 Å². The quantitative estimate of drug-likeness (QED) is 0.878. The van der Waals surface area contributed by atoms with Crippen molar-refractivity contribution in [2.45, 2.75) is 50.4 Å². The number of hydrogen-bond acceptors (Lipinski definition) is 3. The van der Waals surface area contributed by atoms with Crippen LogP contribution in [-0.2, 0) is 6.54 Å². The highest BCUT2D eigenvalue weighted by Gasteiger charge is 2.37. The van der Waals surface area contributed by atoms with Crippen LogP contribution in [0.5, 0.6) is 0 Å². The molecule has 0 aromatic carbocycles. The molecule has 1 fully saturated rings. The van der Waals surface area contributed by atoms with Crippen molar-refractivity contribution in [2.75, 3.05) is 5.75 Å². The van der Waals surface area contributed by atoms with Crippen molar-refractivity contribution in [2.24, 2.45) is 5.73 Å². The Balaban J connectivity index is 2.10. The van der Waals surface area contributed by atoms with Gasteiger partial charge in [0.25, 0.3) is 0 Å². The molecular weight excluding hydrogens is 218 g/mol. The van der Waals surface area contributed by atoms with Gasteiger partial charge < -0.3 is 5.73 Å². The predicted octanol–water partition coefficient (Wildman–Crippen LogP) is 2.58. The van der Waals surface area contributed by atoms with E-state index in [9.17, 15) is 0 Å². The van der Waals surface area contributed by atoms with Crippen molar-refractivity contribution < 1.29 is 0 Å². The highest BCUT2D eigenvalue weighted by molar-refractivity contribution is 8.00. The Hall–Kier alpha value is -0.480. The summed E-state index contributed by atoms with van der Waals surface area (Å²) in [5, 5.41) is 4.36. The average Bonchev–Trinajstić information content (AvgIpc) is 2.88. The van der Waals surface area contributed by atoms with Crippen LogP contribution >= 0.6 is 11.8 Å². The second kappa shape index (κ2) is 4.80. The highest BCUT2D eigenvalue weighted by Crippen LogP contribution is 2.45. The van der Waals surface area contributed by atoms with Gasteiger partial charge in [0.2, 0.25) is 0 Å². The van der Waals surface area contributed by atoms with Crippen LogP contribution in [0.25, 0.3) is 0 Å². The van der Waals surface area contributed by atoms with Gasteiger partial charge in [-0.1, -0.05) is 6.92 Å². The van der Waals surface area contributed by atoms with Gasteiger partial charge in [-0.3, -0.25) is 4.68 Å². The van der Waals surface area contributed by atoms with Crippen LogP contribution in [0.2, 0.25) is 0 Å². The maximum Gasteiger partial charge on any atom is 0.0538 e. The number of nitrogens with two attached hydrogens (primary N) is 1. The number of thioether (sulfide) groups is 1. The van der Waals surface area contributed by atoms with Crippen molar-refractivity contribution in [3.63, 3.8) is 0 Å². The number of rotatable bonds is 4. The molecule has 2 N–H and O–H groups in total. The summed E-state index contributed by atoms with van der Waals surface area (Å²) < 4.78 is 2.21.